The normalized spacial score (nSPS) is 9.53. The van der Waals surface area contributed by atoms with Crippen molar-refractivity contribution in [3.05, 3.63) is 28.2 Å². The Labute approximate surface area is 109 Å². The van der Waals surface area contributed by atoms with Gasteiger partial charge in [-0.05, 0) is 34.1 Å². The van der Waals surface area contributed by atoms with Gasteiger partial charge in [0.05, 0.1) is 17.3 Å². The molecule has 0 saturated heterocycles. The van der Waals surface area contributed by atoms with Crippen LogP contribution in [0.1, 0.15) is 12.0 Å². The molecule has 0 saturated carbocycles. The maximum absolute atomic E-state index is 11.1. The second kappa shape index (κ2) is 6.26. The van der Waals surface area contributed by atoms with Crippen LogP contribution in [0.5, 0.6) is 0 Å². The third kappa shape index (κ3) is 3.75. The third-order valence-corrected chi connectivity index (χ3v) is 3.08. The van der Waals surface area contributed by atoms with Crippen molar-refractivity contribution in [2.45, 2.75) is 6.42 Å². The molecule has 0 heterocycles. The minimum atomic E-state index is 0.0154. The van der Waals surface area contributed by atoms with E-state index in [0.717, 1.165) is 10.2 Å². The van der Waals surface area contributed by atoms with Crippen LogP contribution in [0.4, 0.5) is 5.69 Å². The monoisotopic (exact) mass is 295 g/mol. The molecular weight excluding hydrogens is 282 g/mol. The van der Waals surface area contributed by atoms with Gasteiger partial charge in [-0.1, -0.05) is 0 Å². The fourth-order valence-electron chi connectivity index (χ4n) is 1.40. The average Bonchev–Trinajstić information content (AvgIpc) is 2.35. The van der Waals surface area contributed by atoms with Gasteiger partial charge < -0.3 is 10.2 Å². The summed E-state index contributed by atoms with van der Waals surface area (Å²) in [6.45, 7) is 0.629. The second-order valence-corrected chi connectivity index (χ2v) is 4.48. The lowest BCUT2D eigenvalue weighted by molar-refractivity contribution is -0.120. The lowest BCUT2D eigenvalue weighted by Gasteiger charge is -2.20. The Morgan fingerprint density at radius 2 is 2.29 bits per heavy atom. The van der Waals surface area contributed by atoms with Crippen molar-refractivity contribution in [3.8, 4) is 6.07 Å². The van der Waals surface area contributed by atoms with Gasteiger partial charge in [0.15, 0.2) is 0 Å². The molecule has 0 unspecified atom stereocenters. The molecule has 1 amide bonds. The van der Waals surface area contributed by atoms with E-state index in [2.05, 4.69) is 27.3 Å². The summed E-state index contributed by atoms with van der Waals surface area (Å²) in [5, 5.41) is 11.3. The average molecular weight is 296 g/mol. The molecule has 0 aliphatic heterocycles. The molecule has 1 aromatic carbocycles. The van der Waals surface area contributed by atoms with Gasteiger partial charge >= 0.3 is 0 Å². The summed E-state index contributed by atoms with van der Waals surface area (Å²) in [5.41, 5.74) is 1.58. The first-order valence-corrected chi connectivity index (χ1v) is 5.99. The molecule has 0 aliphatic carbocycles. The highest BCUT2D eigenvalue weighted by Gasteiger charge is 2.08. The van der Waals surface area contributed by atoms with Crippen molar-refractivity contribution in [1.29, 1.82) is 5.26 Å². The predicted octanol–water partition coefficient (Wildman–Crippen LogP) is 1.89. The molecule has 17 heavy (non-hydrogen) atoms. The molecule has 1 aromatic rings. The number of amides is 1. The number of halogens is 1. The second-order valence-electron chi connectivity index (χ2n) is 3.62. The number of hydrogen-bond donors (Lipinski definition) is 1. The van der Waals surface area contributed by atoms with E-state index in [1.54, 1.807) is 19.2 Å². The summed E-state index contributed by atoms with van der Waals surface area (Å²) < 4.78 is 0.857. The van der Waals surface area contributed by atoms with Crippen molar-refractivity contribution in [2.75, 3.05) is 25.5 Å². The number of carbonyl (C=O) groups excluding carboxylic acids is 1. The zero-order valence-corrected chi connectivity index (χ0v) is 11.4. The largest absolute Gasteiger partial charge is 0.373 e. The number of nitrogens with one attached hydrogen (secondary N) is 1. The summed E-state index contributed by atoms with van der Waals surface area (Å²) in [7, 11) is 3.54. The highest BCUT2D eigenvalue weighted by atomic mass is 79.9. The SMILES string of the molecule is CNC(=O)CCN(C)c1ccc(C#N)cc1Br. The topological polar surface area (TPSA) is 56.1 Å². The maximum Gasteiger partial charge on any atom is 0.221 e. The molecule has 0 fully saturated rings. The van der Waals surface area contributed by atoms with E-state index in [1.807, 2.05) is 18.0 Å². The van der Waals surface area contributed by atoms with Crippen LogP contribution in [0.3, 0.4) is 0 Å². The van der Waals surface area contributed by atoms with Crippen LogP contribution in [0, 0.1) is 11.3 Å². The van der Waals surface area contributed by atoms with Gasteiger partial charge in [0, 0.05) is 31.5 Å². The van der Waals surface area contributed by atoms with E-state index in [0.29, 0.717) is 18.5 Å². The Bertz CT molecular complexity index is 454. The smallest absolute Gasteiger partial charge is 0.221 e. The highest BCUT2D eigenvalue weighted by Crippen LogP contribution is 2.26. The summed E-state index contributed by atoms with van der Waals surface area (Å²) >= 11 is 3.42. The summed E-state index contributed by atoms with van der Waals surface area (Å²) in [5.74, 6) is 0.0154. The van der Waals surface area contributed by atoms with Gasteiger partial charge in [-0.15, -0.1) is 0 Å². The lowest BCUT2D eigenvalue weighted by Crippen LogP contribution is -2.26. The van der Waals surface area contributed by atoms with E-state index in [4.69, 9.17) is 5.26 Å². The van der Waals surface area contributed by atoms with Crippen LogP contribution in [-0.2, 0) is 4.79 Å². The number of nitriles is 1. The minimum Gasteiger partial charge on any atom is -0.373 e. The Kier molecular flexibility index (Phi) is 4.98. The third-order valence-electron chi connectivity index (χ3n) is 2.44. The van der Waals surface area contributed by atoms with E-state index < -0.39 is 0 Å². The van der Waals surface area contributed by atoms with Gasteiger partial charge in [-0.3, -0.25) is 4.79 Å². The molecule has 1 rings (SSSR count). The molecule has 0 atom stereocenters. The summed E-state index contributed by atoms with van der Waals surface area (Å²) in [6.07, 6.45) is 0.444. The van der Waals surface area contributed by atoms with Crippen LogP contribution in [0.15, 0.2) is 22.7 Å². The van der Waals surface area contributed by atoms with E-state index >= 15 is 0 Å². The van der Waals surface area contributed by atoms with Gasteiger partial charge in [0.1, 0.15) is 0 Å². The molecule has 0 aromatic heterocycles. The molecule has 4 nitrogen and oxygen atoms in total. The minimum absolute atomic E-state index is 0.0154. The van der Waals surface area contributed by atoms with Gasteiger partial charge in [0.2, 0.25) is 5.91 Å². The van der Waals surface area contributed by atoms with Crippen molar-refractivity contribution in [2.24, 2.45) is 0 Å². The molecule has 90 valence electrons. The van der Waals surface area contributed by atoms with Crippen molar-refractivity contribution >= 4 is 27.5 Å². The fourth-order valence-corrected chi connectivity index (χ4v) is 2.08. The van der Waals surface area contributed by atoms with E-state index in [9.17, 15) is 4.79 Å². The molecular formula is C12H14BrN3O. The highest BCUT2D eigenvalue weighted by molar-refractivity contribution is 9.10. The standard InChI is InChI=1S/C12H14BrN3O/c1-15-12(17)5-6-16(2)11-4-3-9(8-14)7-10(11)13/h3-4,7H,5-6H2,1-2H3,(H,15,17). The number of carbonyl (C=O) groups is 1. The van der Waals surface area contributed by atoms with Gasteiger partial charge in [-0.25, -0.2) is 0 Å². The zero-order valence-electron chi connectivity index (χ0n) is 9.83. The first-order chi connectivity index (χ1) is 8.08. The molecule has 1 N–H and O–H groups in total. The zero-order chi connectivity index (χ0) is 12.8. The Hall–Kier alpha value is -1.54. The Balaban J connectivity index is 2.73. The van der Waals surface area contributed by atoms with Crippen LogP contribution >= 0.6 is 15.9 Å². The molecule has 0 spiro atoms. The van der Waals surface area contributed by atoms with Crippen LogP contribution < -0.4 is 10.2 Å². The molecule has 0 radical (unpaired) electrons. The number of anilines is 1. The van der Waals surface area contributed by atoms with Crippen molar-refractivity contribution in [3.63, 3.8) is 0 Å². The Morgan fingerprint density at radius 3 is 2.82 bits per heavy atom. The quantitative estimate of drug-likeness (QED) is 0.923. The molecule has 5 heteroatoms. The van der Waals surface area contributed by atoms with E-state index in [-0.39, 0.29) is 5.91 Å². The fraction of sp³-hybridized carbons (Fsp3) is 0.333. The lowest BCUT2D eigenvalue weighted by atomic mass is 10.2. The number of benzene rings is 1. The number of rotatable bonds is 4. The maximum atomic E-state index is 11.1. The molecule has 0 aliphatic rings. The number of nitrogens with zero attached hydrogens (tertiary/aromatic N) is 2. The predicted molar refractivity (Wildman–Crippen MR) is 70.8 cm³/mol. The van der Waals surface area contributed by atoms with Crippen molar-refractivity contribution < 1.29 is 4.79 Å². The van der Waals surface area contributed by atoms with Crippen LogP contribution in [0.2, 0.25) is 0 Å². The molecule has 0 bridgehead atoms. The van der Waals surface area contributed by atoms with Crippen LogP contribution in [-0.4, -0.2) is 26.5 Å². The summed E-state index contributed by atoms with van der Waals surface area (Å²) in [4.78, 5) is 13.1. The first kappa shape index (κ1) is 13.5. The summed E-state index contributed by atoms with van der Waals surface area (Å²) in [6, 6.07) is 7.48. The van der Waals surface area contributed by atoms with Crippen molar-refractivity contribution in [1.82, 2.24) is 5.32 Å². The van der Waals surface area contributed by atoms with Gasteiger partial charge in [0.25, 0.3) is 0 Å². The van der Waals surface area contributed by atoms with Gasteiger partial charge in [-0.2, -0.15) is 5.26 Å². The Morgan fingerprint density at radius 1 is 1.59 bits per heavy atom. The van der Waals surface area contributed by atoms with Crippen LogP contribution in [0.25, 0.3) is 0 Å². The first-order valence-electron chi connectivity index (χ1n) is 5.20. The number of hydrogen-bond acceptors (Lipinski definition) is 3. The van der Waals surface area contributed by atoms with E-state index in [1.165, 1.54) is 0 Å².